The Morgan fingerprint density at radius 3 is 2.50 bits per heavy atom. The minimum Gasteiger partial charge on any atom is -0.468 e. The molecule has 0 N–H and O–H groups in total. The van der Waals surface area contributed by atoms with E-state index in [1.807, 2.05) is 0 Å². The first-order valence-electron chi connectivity index (χ1n) is 5.05. The molecule has 0 unspecified atom stereocenters. The number of aldehydes is 1. The van der Waals surface area contributed by atoms with Crippen LogP contribution in [0.25, 0.3) is 0 Å². The van der Waals surface area contributed by atoms with Crippen LogP contribution in [0.5, 0.6) is 0 Å². The Morgan fingerprint density at radius 1 is 1.38 bits per heavy atom. The molecule has 1 aromatic heterocycles. The van der Waals surface area contributed by atoms with E-state index in [4.69, 9.17) is 13.5 Å². The maximum absolute atomic E-state index is 12.1. The molecule has 90 valence electrons. The monoisotopic (exact) mass is 246 g/mol. The molecule has 16 heavy (non-hydrogen) atoms. The van der Waals surface area contributed by atoms with Crippen LogP contribution in [0.15, 0.2) is 16.7 Å². The number of hydrogen-bond acceptors (Lipinski definition) is 5. The lowest BCUT2D eigenvalue weighted by Gasteiger charge is -2.15. The van der Waals surface area contributed by atoms with Crippen LogP contribution in [0.3, 0.4) is 0 Å². The third-order valence-electron chi connectivity index (χ3n) is 1.90. The molecule has 0 saturated heterocycles. The number of hydrogen-bond donors (Lipinski definition) is 0. The van der Waals surface area contributed by atoms with Gasteiger partial charge in [0, 0.05) is 0 Å². The molecular formula is C10H15O5P. The van der Waals surface area contributed by atoms with Crippen LogP contribution in [-0.4, -0.2) is 19.5 Å². The van der Waals surface area contributed by atoms with Gasteiger partial charge >= 0.3 is 7.60 Å². The molecule has 5 nitrogen and oxygen atoms in total. The van der Waals surface area contributed by atoms with Crippen LogP contribution in [0.2, 0.25) is 0 Å². The Balaban J connectivity index is 2.83. The second kappa shape index (κ2) is 5.99. The fraction of sp³-hybridized carbons (Fsp3) is 0.500. The molecule has 0 fully saturated rings. The summed E-state index contributed by atoms with van der Waals surface area (Å²) < 4.78 is 27.4. The SMILES string of the molecule is CCOP(=O)(Cc1occc1C=O)OCC. The number of furan rings is 1. The average molecular weight is 246 g/mol. The van der Waals surface area contributed by atoms with Gasteiger partial charge in [0.15, 0.2) is 6.29 Å². The quantitative estimate of drug-likeness (QED) is 0.546. The van der Waals surface area contributed by atoms with Gasteiger partial charge in [-0.1, -0.05) is 0 Å². The van der Waals surface area contributed by atoms with Gasteiger partial charge in [-0.15, -0.1) is 0 Å². The third-order valence-corrected chi connectivity index (χ3v) is 3.87. The molecule has 0 aliphatic heterocycles. The Morgan fingerprint density at radius 2 is 2.00 bits per heavy atom. The van der Waals surface area contributed by atoms with Crippen LogP contribution in [-0.2, 0) is 19.8 Å². The summed E-state index contributed by atoms with van der Waals surface area (Å²) in [5, 5.41) is 0. The van der Waals surface area contributed by atoms with Gasteiger partial charge in [-0.25, -0.2) is 0 Å². The minimum atomic E-state index is -3.20. The van der Waals surface area contributed by atoms with Crippen molar-refractivity contribution in [3.63, 3.8) is 0 Å². The maximum atomic E-state index is 12.1. The van der Waals surface area contributed by atoms with Crippen molar-refractivity contribution in [2.24, 2.45) is 0 Å². The molecular weight excluding hydrogens is 231 g/mol. The fourth-order valence-electron chi connectivity index (χ4n) is 1.28. The van der Waals surface area contributed by atoms with E-state index in [0.29, 0.717) is 17.6 Å². The highest BCUT2D eigenvalue weighted by molar-refractivity contribution is 7.53. The van der Waals surface area contributed by atoms with Crippen molar-refractivity contribution in [3.05, 3.63) is 23.7 Å². The molecule has 0 bridgehead atoms. The molecule has 1 heterocycles. The lowest BCUT2D eigenvalue weighted by molar-refractivity contribution is 0.112. The van der Waals surface area contributed by atoms with Crippen molar-refractivity contribution in [2.45, 2.75) is 20.0 Å². The lowest BCUT2D eigenvalue weighted by Crippen LogP contribution is -1.99. The van der Waals surface area contributed by atoms with Crippen molar-refractivity contribution in [1.29, 1.82) is 0 Å². The summed E-state index contributed by atoms with van der Waals surface area (Å²) in [6, 6.07) is 1.52. The highest BCUT2D eigenvalue weighted by Crippen LogP contribution is 2.51. The summed E-state index contributed by atoms with van der Waals surface area (Å²) in [6.07, 6.45) is 2.01. The lowest BCUT2D eigenvalue weighted by atomic mass is 10.3. The van der Waals surface area contributed by atoms with Gasteiger partial charge < -0.3 is 13.5 Å². The van der Waals surface area contributed by atoms with Crippen LogP contribution >= 0.6 is 7.60 Å². The molecule has 0 saturated carbocycles. The van der Waals surface area contributed by atoms with Gasteiger partial charge in [-0.05, 0) is 19.9 Å². The summed E-state index contributed by atoms with van der Waals surface area (Å²) in [5.41, 5.74) is 0.375. The van der Waals surface area contributed by atoms with Gasteiger partial charge in [0.2, 0.25) is 0 Å². The first kappa shape index (κ1) is 13.2. The maximum Gasteiger partial charge on any atom is 0.338 e. The van der Waals surface area contributed by atoms with Crippen molar-refractivity contribution < 1.29 is 22.8 Å². The Bertz CT molecular complexity index is 374. The van der Waals surface area contributed by atoms with Crippen molar-refractivity contribution >= 4 is 13.9 Å². The molecule has 0 aliphatic rings. The number of carbonyl (C=O) groups excluding carboxylic acids is 1. The van der Waals surface area contributed by atoms with Crippen LogP contribution in [0.4, 0.5) is 0 Å². The summed E-state index contributed by atoms with van der Waals surface area (Å²) in [4.78, 5) is 10.7. The largest absolute Gasteiger partial charge is 0.468 e. The second-order valence-electron chi connectivity index (χ2n) is 3.02. The molecule has 1 aromatic rings. The van der Waals surface area contributed by atoms with Crippen molar-refractivity contribution in [3.8, 4) is 0 Å². The Kier molecular flexibility index (Phi) is 4.93. The van der Waals surface area contributed by atoms with Crippen molar-refractivity contribution in [1.82, 2.24) is 0 Å². The van der Waals surface area contributed by atoms with Gasteiger partial charge in [0.05, 0.1) is 25.0 Å². The summed E-state index contributed by atoms with van der Waals surface area (Å²) in [6.45, 7) is 4.03. The van der Waals surface area contributed by atoms with E-state index in [9.17, 15) is 9.36 Å². The van der Waals surface area contributed by atoms with Gasteiger partial charge in [-0.3, -0.25) is 9.36 Å². The zero-order valence-corrected chi connectivity index (χ0v) is 10.2. The fourth-order valence-corrected chi connectivity index (χ4v) is 2.93. The molecule has 6 heteroatoms. The molecule has 1 rings (SSSR count). The normalized spacial score (nSPS) is 11.6. The highest BCUT2D eigenvalue weighted by atomic mass is 31.2. The van der Waals surface area contributed by atoms with E-state index in [-0.39, 0.29) is 19.4 Å². The van der Waals surface area contributed by atoms with Gasteiger partial charge in [0.25, 0.3) is 0 Å². The zero-order chi connectivity index (χ0) is 12.0. The average Bonchev–Trinajstić information content (AvgIpc) is 2.65. The summed E-state index contributed by atoms with van der Waals surface area (Å²) >= 11 is 0. The molecule has 0 aromatic carbocycles. The van der Waals surface area contributed by atoms with E-state index < -0.39 is 7.60 Å². The van der Waals surface area contributed by atoms with Gasteiger partial charge in [-0.2, -0.15) is 0 Å². The van der Waals surface area contributed by atoms with Crippen LogP contribution in [0, 0.1) is 0 Å². The molecule has 0 spiro atoms. The topological polar surface area (TPSA) is 65.7 Å². The summed E-state index contributed by atoms with van der Waals surface area (Å²) in [7, 11) is -3.20. The zero-order valence-electron chi connectivity index (χ0n) is 9.34. The van der Waals surface area contributed by atoms with Gasteiger partial charge in [0.1, 0.15) is 11.9 Å². The first-order chi connectivity index (χ1) is 7.65. The van der Waals surface area contributed by atoms with E-state index >= 15 is 0 Å². The van der Waals surface area contributed by atoms with Crippen LogP contribution < -0.4 is 0 Å². The second-order valence-corrected chi connectivity index (χ2v) is 5.08. The van der Waals surface area contributed by atoms with E-state index in [0.717, 1.165) is 0 Å². The van der Waals surface area contributed by atoms with E-state index in [1.54, 1.807) is 13.8 Å². The predicted molar refractivity (Wildman–Crippen MR) is 58.7 cm³/mol. The van der Waals surface area contributed by atoms with Crippen molar-refractivity contribution in [2.75, 3.05) is 13.2 Å². The van der Waals surface area contributed by atoms with Crippen LogP contribution in [0.1, 0.15) is 30.0 Å². The first-order valence-corrected chi connectivity index (χ1v) is 6.77. The van der Waals surface area contributed by atoms with E-state index in [2.05, 4.69) is 0 Å². The number of rotatable bonds is 7. The predicted octanol–water partition coefficient (Wildman–Crippen LogP) is 2.86. The molecule has 0 radical (unpaired) electrons. The third kappa shape index (κ3) is 3.30. The Hall–Kier alpha value is -0.900. The Labute approximate surface area is 94.3 Å². The number of carbonyl (C=O) groups is 1. The highest BCUT2D eigenvalue weighted by Gasteiger charge is 2.27. The smallest absolute Gasteiger partial charge is 0.338 e. The molecule has 0 aliphatic carbocycles. The van der Waals surface area contributed by atoms with E-state index in [1.165, 1.54) is 12.3 Å². The molecule has 0 amide bonds. The standard InChI is InChI=1S/C10H15O5P/c1-3-14-16(12,15-4-2)8-10-9(7-11)5-6-13-10/h5-7H,3-4,8H2,1-2H3. The minimum absolute atomic E-state index is 0.0181. The molecule has 0 atom stereocenters. The summed E-state index contributed by atoms with van der Waals surface area (Å²) in [5.74, 6) is 0.334.